The van der Waals surface area contributed by atoms with Crippen LogP contribution in [-0.2, 0) is 6.18 Å². The van der Waals surface area contributed by atoms with E-state index < -0.39 is 17.4 Å². The summed E-state index contributed by atoms with van der Waals surface area (Å²) in [5, 5.41) is 14.8. The summed E-state index contributed by atoms with van der Waals surface area (Å²) in [6.07, 6.45) is -3.19. The van der Waals surface area contributed by atoms with Gasteiger partial charge in [-0.05, 0) is 30.3 Å². The average molecular weight is 439 g/mol. The molecule has 0 radical (unpaired) electrons. The van der Waals surface area contributed by atoms with E-state index in [1.165, 1.54) is 18.3 Å². The Balaban J connectivity index is 1.63. The van der Waals surface area contributed by atoms with Crippen molar-refractivity contribution in [2.24, 2.45) is 0 Å². The van der Waals surface area contributed by atoms with E-state index in [0.29, 0.717) is 16.3 Å². The maximum atomic E-state index is 12.9. The lowest BCUT2D eigenvalue weighted by atomic mass is 10.1. The first kappa shape index (κ1) is 20.4. The molecule has 0 fully saturated rings. The number of aromatic nitrogens is 1. The minimum absolute atomic E-state index is 0.110. The van der Waals surface area contributed by atoms with Gasteiger partial charge in [-0.2, -0.15) is 18.4 Å². The van der Waals surface area contributed by atoms with Crippen LogP contribution >= 0.6 is 11.3 Å². The zero-order chi connectivity index (χ0) is 22.0. The summed E-state index contributed by atoms with van der Waals surface area (Å²) >= 11 is 1.13. The third-order valence-electron chi connectivity index (χ3n) is 4.35. The number of para-hydroxylation sites is 1. The first-order valence-corrected chi connectivity index (χ1v) is 9.76. The molecule has 0 saturated heterocycles. The molecule has 0 aliphatic rings. The van der Waals surface area contributed by atoms with Crippen molar-refractivity contribution in [1.82, 2.24) is 4.98 Å². The fourth-order valence-corrected chi connectivity index (χ4v) is 3.63. The number of hydrogen-bond acceptors (Lipinski definition) is 6. The van der Waals surface area contributed by atoms with Crippen molar-refractivity contribution in [2.75, 3.05) is 5.32 Å². The predicted molar refractivity (Wildman–Crippen MR) is 112 cm³/mol. The minimum Gasteiger partial charge on any atom is -0.422 e. The Kier molecular flexibility index (Phi) is 5.31. The second-order valence-electron chi connectivity index (χ2n) is 6.42. The lowest BCUT2D eigenvalue weighted by Crippen LogP contribution is -2.05. The maximum absolute atomic E-state index is 12.9. The molecule has 0 amide bonds. The molecule has 0 bridgehead atoms. The number of alkyl halides is 3. The quantitative estimate of drug-likeness (QED) is 0.316. The van der Waals surface area contributed by atoms with Gasteiger partial charge in [0.05, 0.1) is 16.8 Å². The van der Waals surface area contributed by atoms with Crippen LogP contribution in [0.5, 0.6) is 0 Å². The van der Waals surface area contributed by atoms with E-state index in [2.05, 4.69) is 10.3 Å². The van der Waals surface area contributed by atoms with E-state index in [4.69, 9.17) is 4.42 Å². The normalized spacial score (nSPS) is 12.0. The molecule has 2 heterocycles. The van der Waals surface area contributed by atoms with Gasteiger partial charge in [-0.15, -0.1) is 11.3 Å². The number of benzene rings is 2. The number of fused-ring (bicyclic) bond motifs is 1. The van der Waals surface area contributed by atoms with Gasteiger partial charge in [0.15, 0.2) is 0 Å². The van der Waals surface area contributed by atoms with E-state index in [-0.39, 0.29) is 16.8 Å². The van der Waals surface area contributed by atoms with Gasteiger partial charge in [-0.1, -0.05) is 24.3 Å². The van der Waals surface area contributed by atoms with Gasteiger partial charge >= 0.3 is 11.8 Å². The minimum atomic E-state index is -4.47. The Morgan fingerprint density at radius 1 is 1.16 bits per heavy atom. The molecule has 0 saturated carbocycles. The molecular weight excluding hydrogens is 427 g/mol. The molecule has 0 aliphatic heterocycles. The van der Waals surface area contributed by atoms with Crippen LogP contribution in [0.2, 0.25) is 0 Å². The van der Waals surface area contributed by atoms with Gasteiger partial charge in [0, 0.05) is 22.7 Å². The maximum Gasteiger partial charge on any atom is 0.416 e. The molecule has 0 unspecified atom stereocenters. The standard InChI is InChI=1S/C22H12F3N3O2S/c23-22(24,25)15-5-3-6-16(9-15)27-11-14(10-26)20-28-18(12-31-20)17-8-13-4-1-2-7-19(13)30-21(17)29/h1-9,11-12,27H. The zero-order valence-electron chi connectivity index (χ0n) is 15.6. The Morgan fingerprint density at radius 3 is 2.74 bits per heavy atom. The van der Waals surface area contributed by atoms with Gasteiger partial charge < -0.3 is 9.73 Å². The van der Waals surface area contributed by atoms with Crippen molar-refractivity contribution in [2.45, 2.75) is 6.18 Å². The highest BCUT2D eigenvalue weighted by molar-refractivity contribution is 7.11. The topological polar surface area (TPSA) is 78.9 Å². The SMILES string of the molecule is N#CC(=CNc1cccc(C(F)(F)F)c1)c1nc(-c2cc3ccccc3oc2=O)cs1. The van der Waals surface area contributed by atoms with E-state index in [9.17, 15) is 23.2 Å². The highest BCUT2D eigenvalue weighted by Gasteiger charge is 2.30. The summed E-state index contributed by atoms with van der Waals surface area (Å²) in [6, 6.07) is 15.3. The summed E-state index contributed by atoms with van der Waals surface area (Å²) < 4.78 is 43.9. The van der Waals surface area contributed by atoms with E-state index in [1.54, 1.807) is 29.6 Å². The Hall–Kier alpha value is -3.90. The molecule has 0 spiro atoms. The second kappa shape index (κ2) is 8.08. The largest absolute Gasteiger partial charge is 0.422 e. The van der Waals surface area contributed by atoms with Crippen LogP contribution in [0.1, 0.15) is 10.6 Å². The third-order valence-corrected chi connectivity index (χ3v) is 5.22. The highest BCUT2D eigenvalue weighted by Crippen LogP contribution is 2.31. The zero-order valence-corrected chi connectivity index (χ0v) is 16.4. The molecule has 4 rings (SSSR count). The number of allylic oxidation sites excluding steroid dienone is 1. The molecule has 9 heteroatoms. The summed E-state index contributed by atoms with van der Waals surface area (Å²) in [7, 11) is 0. The van der Waals surface area contributed by atoms with E-state index in [0.717, 1.165) is 28.9 Å². The molecule has 1 N–H and O–H groups in total. The number of nitrogens with zero attached hydrogens (tertiary/aromatic N) is 2. The molecule has 0 aliphatic carbocycles. The summed E-state index contributed by atoms with van der Waals surface area (Å²) in [6.45, 7) is 0. The van der Waals surface area contributed by atoms with Gasteiger partial charge in [-0.3, -0.25) is 0 Å². The molecule has 2 aromatic carbocycles. The van der Waals surface area contributed by atoms with Crippen molar-refractivity contribution in [1.29, 1.82) is 5.26 Å². The predicted octanol–water partition coefficient (Wildman–Crippen LogP) is 5.91. The molecule has 2 aromatic heterocycles. The van der Waals surface area contributed by atoms with Crippen LogP contribution < -0.4 is 10.9 Å². The average Bonchev–Trinajstić information content (AvgIpc) is 3.23. The molecule has 154 valence electrons. The third kappa shape index (κ3) is 4.34. The second-order valence-corrected chi connectivity index (χ2v) is 7.27. The van der Waals surface area contributed by atoms with Gasteiger partial charge in [-0.25, -0.2) is 9.78 Å². The lowest BCUT2D eigenvalue weighted by Gasteiger charge is -2.08. The van der Waals surface area contributed by atoms with Gasteiger partial charge in [0.2, 0.25) is 0 Å². The lowest BCUT2D eigenvalue weighted by molar-refractivity contribution is -0.137. The Labute approximate surface area is 177 Å². The summed E-state index contributed by atoms with van der Waals surface area (Å²) in [5.74, 6) is 0. The summed E-state index contributed by atoms with van der Waals surface area (Å²) in [5.41, 5.74) is -0.0175. The number of rotatable bonds is 4. The van der Waals surface area contributed by atoms with Crippen molar-refractivity contribution in [3.63, 3.8) is 0 Å². The molecule has 0 atom stereocenters. The summed E-state index contributed by atoms with van der Waals surface area (Å²) in [4.78, 5) is 16.7. The van der Waals surface area contributed by atoms with Crippen molar-refractivity contribution in [3.8, 4) is 17.3 Å². The number of nitrogens with one attached hydrogen (secondary N) is 1. The molecule has 4 aromatic rings. The van der Waals surface area contributed by atoms with Crippen LogP contribution in [-0.4, -0.2) is 4.98 Å². The smallest absolute Gasteiger partial charge is 0.416 e. The molecule has 31 heavy (non-hydrogen) atoms. The van der Waals surface area contributed by atoms with Gasteiger partial charge in [0.25, 0.3) is 0 Å². The molecular formula is C22H12F3N3O2S. The monoisotopic (exact) mass is 439 g/mol. The number of nitriles is 1. The number of hydrogen-bond donors (Lipinski definition) is 1. The number of thiazole rings is 1. The van der Waals surface area contributed by atoms with Gasteiger partial charge in [0.1, 0.15) is 22.2 Å². The fraction of sp³-hybridized carbons (Fsp3) is 0.0455. The van der Waals surface area contributed by atoms with Crippen molar-refractivity contribution in [3.05, 3.63) is 87.2 Å². The van der Waals surface area contributed by atoms with Crippen LogP contribution in [0.4, 0.5) is 18.9 Å². The first-order valence-electron chi connectivity index (χ1n) is 8.88. The van der Waals surface area contributed by atoms with Crippen LogP contribution in [0, 0.1) is 11.3 Å². The van der Waals surface area contributed by atoms with Crippen LogP contribution in [0.3, 0.4) is 0 Å². The van der Waals surface area contributed by atoms with Crippen LogP contribution in [0.15, 0.2) is 75.4 Å². The van der Waals surface area contributed by atoms with Crippen molar-refractivity contribution >= 4 is 33.6 Å². The first-order chi connectivity index (χ1) is 14.8. The number of halogens is 3. The Morgan fingerprint density at radius 2 is 1.97 bits per heavy atom. The Bertz CT molecular complexity index is 1400. The van der Waals surface area contributed by atoms with Crippen molar-refractivity contribution < 1.29 is 17.6 Å². The molecule has 5 nitrogen and oxygen atoms in total. The van der Waals surface area contributed by atoms with E-state index >= 15 is 0 Å². The number of anilines is 1. The van der Waals surface area contributed by atoms with Crippen LogP contribution in [0.25, 0.3) is 27.8 Å². The highest BCUT2D eigenvalue weighted by atomic mass is 32.1. The fourth-order valence-electron chi connectivity index (χ4n) is 2.84. The van der Waals surface area contributed by atoms with E-state index in [1.807, 2.05) is 12.1 Å².